The molecule has 0 fully saturated rings. The summed E-state index contributed by atoms with van der Waals surface area (Å²) in [7, 11) is 0. The lowest BCUT2D eigenvalue weighted by atomic mass is 10.0. The summed E-state index contributed by atoms with van der Waals surface area (Å²) >= 11 is 1.37. The molecule has 0 radical (unpaired) electrons. The minimum Gasteiger partial charge on any atom is -0.389 e. The van der Waals surface area contributed by atoms with Gasteiger partial charge in [0.2, 0.25) is 5.91 Å². The van der Waals surface area contributed by atoms with E-state index in [1.807, 2.05) is 0 Å². The number of nitrogen functional groups attached to an aromatic ring is 1. The van der Waals surface area contributed by atoms with Crippen LogP contribution in [0.25, 0.3) is 6.08 Å². The fourth-order valence-electron chi connectivity index (χ4n) is 2.58. The fourth-order valence-corrected chi connectivity index (χ4v) is 3.67. The molecule has 0 aliphatic carbocycles. The smallest absolute Gasteiger partial charge is 0.246 e. The van der Waals surface area contributed by atoms with E-state index in [1.54, 1.807) is 23.1 Å². The molecule has 3 rings (SSSR count). The topological polar surface area (TPSA) is 70.1 Å². The van der Waals surface area contributed by atoms with Gasteiger partial charge in [0, 0.05) is 17.5 Å². The Morgan fingerprint density at radius 1 is 1.39 bits per heavy atom. The zero-order chi connectivity index (χ0) is 16.4. The summed E-state index contributed by atoms with van der Waals surface area (Å²) in [5.41, 5.74) is 8.14. The minimum absolute atomic E-state index is 0.106. The molecule has 0 saturated carbocycles. The number of carbonyl (C=O) groups excluding carboxylic acids is 1. The molecule has 1 aliphatic heterocycles. The van der Waals surface area contributed by atoms with Gasteiger partial charge in [0.15, 0.2) is 0 Å². The van der Waals surface area contributed by atoms with Crippen LogP contribution in [0.15, 0.2) is 30.3 Å². The molecule has 1 amide bonds. The maximum atomic E-state index is 12.8. The van der Waals surface area contributed by atoms with Crippen LogP contribution in [-0.4, -0.2) is 17.4 Å². The number of hydrogen-bond acceptors (Lipinski definition) is 4. The molecule has 1 aromatic carbocycles. The van der Waals surface area contributed by atoms with Gasteiger partial charge in [0.05, 0.1) is 12.1 Å². The van der Waals surface area contributed by atoms with Crippen molar-refractivity contribution in [3.05, 3.63) is 57.7 Å². The van der Waals surface area contributed by atoms with Crippen molar-refractivity contribution >= 4 is 28.3 Å². The lowest BCUT2D eigenvalue weighted by Gasteiger charge is -2.25. The lowest BCUT2D eigenvalue weighted by Crippen LogP contribution is -2.34. The van der Waals surface area contributed by atoms with Crippen molar-refractivity contribution < 1.29 is 9.18 Å². The molecule has 2 heterocycles. The first-order valence-electron chi connectivity index (χ1n) is 7.11. The van der Waals surface area contributed by atoms with Gasteiger partial charge in [-0.15, -0.1) is 11.3 Å². The number of fused-ring (bicyclic) bond motifs is 1. The van der Waals surface area contributed by atoms with Gasteiger partial charge in [-0.3, -0.25) is 4.79 Å². The third kappa shape index (κ3) is 3.10. The number of nitrogens with two attached hydrogens (primary N) is 1. The van der Waals surface area contributed by atoms with Crippen LogP contribution < -0.4 is 5.73 Å². The van der Waals surface area contributed by atoms with E-state index in [0.717, 1.165) is 16.0 Å². The van der Waals surface area contributed by atoms with Crippen LogP contribution in [0.3, 0.4) is 0 Å². The van der Waals surface area contributed by atoms with Crippen molar-refractivity contribution in [2.45, 2.75) is 13.0 Å². The van der Waals surface area contributed by atoms with Gasteiger partial charge >= 0.3 is 0 Å². The highest BCUT2D eigenvalue weighted by molar-refractivity contribution is 7.16. The van der Waals surface area contributed by atoms with Crippen LogP contribution in [0.1, 0.15) is 21.6 Å². The highest BCUT2D eigenvalue weighted by atomic mass is 32.1. The number of halogens is 1. The van der Waals surface area contributed by atoms with Crippen molar-refractivity contribution in [3.8, 4) is 6.07 Å². The number of benzene rings is 1. The van der Waals surface area contributed by atoms with E-state index >= 15 is 0 Å². The average Bonchev–Trinajstić information content (AvgIpc) is 2.88. The number of amides is 1. The standard InChI is InChI=1S/C17H14FN3OS/c18-12-4-1-11(2-5-12)3-6-16(22)21-8-7-13-14(9-19)17(20)23-15(13)10-21/h1-6H,7-8,10,20H2/b6-3+. The van der Waals surface area contributed by atoms with Gasteiger partial charge in [-0.25, -0.2) is 4.39 Å². The summed E-state index contributed by atoms with van der Waals surface area (Å²) in [6.45, 7) is 1.03. The number of anilines is 1. The van der Waals surface area contributed by atoms with Gasteiger partial charge in [-0.2, -0.15) is 5.26 Å². The quantitative estimate of drug-likeness (QED) is 0.862. The first kappa shape index (κ1) is 15.3. The minimum atomic E-state index is -0.305. The Morgan fingerprint density at radius 2 is 2.13 bits per heavy atom. The van der Waals surface area contributed by atoms with Crippen LogP contribution in [-0.2, 0) is 17.8 Å². The Kier molecular flexibility index (Phi) is 4.13. The Labute approximate surface area is 137 Å². The number of thiophene rings is 1. The molecular weight excluding hydrogens is 313 g/mol. The van der Waals surface area contributed by atoms with E-state index in [1.165, 1.54) is 29.5 Å². The van der Waals surface area contributed by atoms with Gasteiger partial charge < -0.3 is 10.6 Å². The van der Waals surface area contributed by atoms with Gasteiger partial charge in [0.1, 0.15) is 16.9 Å². The maximum absolute atomic E-state index is 12.8. The molecule has 116 valence electrons. The first-order valence-corrected chi connectivity index (χ1v) is 7.93. The zero-order valence-corrected chi connectivity index (χ0v) is 13.1. The van der Waals surface area contributed by atoms with Gasteiger partial charge in [0.25, 0.3) is 0 Å². The Morgan fingerprint density at radius 3 is 2.83 bits per heavy atom. The molecule has 0 saturated heterocycles. The van der Waals surface area contributed by atoms with Crippen molar-refractivity contribution in [2.75, 3.05) is 12.3 Å². The van der Waals surface area contributed by atoms with E-state index < -0.39 is 0 Å². The van der Waals surface area contributed by atoms with E-state index in [9.17, 15) is 9.18 Å². The highest BCUT2D eigenvalue weighted by Gasteiger charge is 2.25. The largest absolute Gasteiger partial charge is 0.389 e. The van der Waals surface area contributed by atoms with Crippen molar-refractivity contribution in [1.82, 2.24) is 4.90 Å². The average molecular weight is 327 g/mol. The highest BCUT2D eigenvalue weighted by Crippen LogP contribution is 2.34. The Hall–Kier alpha value is -2.65. The molecule has 0 bridgehead atoms. The van der Waals surface area contributed by atoms with E-state index in [-0.39, 0.29) is 11.7 Å². The normalized spacial score (nSPS) is 13.8. The van der Waals surface area contributed by atoms with Gasteiger partial charge in [-0.1, -0.05) is 12.1 Å². The van der Waals surface area contributed by atoms with Crippen LogP contribution >= 0.6 is 11.3 Å². The zero-order valence-electron chi connectivity index (χ0n) is 12.3. The summed E-state index contributed by atoms with van der Waals surface area (Å²) in [5, 5.41) is 9.65. The molecule has 0 spiro atoms. The third-order valence-electron chi connectivity index (χ3n) is 3.80. The summed E-state index contributed by atoms with van der Waals surface area (Å²) in [5.74, 6) is -0.411. The summed E-state index contributed by atoms with van der Waals surface area (Å²) in [6.07, 6.45) is 3.79. The lowest BCUT2D eigenvalue weighted by molar-refractivity contribution is -0.126. The third-order valence-corrected chi connectivity index (χ3v) is 4.84. The SMILES string of the molecule is N#Cc1c(N)sc2c1CCN(C(=O)/C=C/c1ccc(F)cc1)C2. The number of hydrogen-bond donors (Lipinski definition) is 1. The second kappa shape index (κ2) is 6.23. The predicted molar refractivity (Wildman–Crippen MR) is 88.0 cm³/mol. The molecule has 2 aromatic rings. The number of rotatable bonds is 2. The van der Waals surface area contributed by atoms with Crippen molar-refractivity contribution in [2.24, 2.45) is 0 Å². The summed E-state index contributed by atoms with van der Waals surface area (Å²) in [6, 6.07) is 8.08. The molecule has 0 atom stereocenters. The molecule has 1 aliphatic rings. The molecular formula is C17H14FN3OS. The second-order valence-electron chi connectivity index (χ2n) is 5.25. The Balaban J connectivity index is 1.72. The predicted octanol–water partition coefficient (Wildman–Crippen LogP) is 2.94. The number of nitrogens with zero attached hydrogens (tertiary/aromatic N) is 2. The summed E-state index contributed by atoms with van der Waals surface area (Å²) < 4.78 is 12.8. The van der Waals surface area contributed by atoms with Gasteiger partial charge in [-0.05, 0) is 35.8 Å². The van der Waals surface area contributed by atoms with Crippen LogP contribution in [0.2, 0.25) is 0 Å². The second-order valence-corrected chi connectivity index (χ2v) is 6.39. The fraction of sp³-hybridized carbons (Fsp3) is 0.176. The molecule has 1 aromatic heterocycles. The van der Waals surface area contributed by atoms with Crippen LogP contribution in [0.4, 0.5) is 9.39 Å². The van der Waals surface area contributed by atoms with Crippen molar-refractivity contribution in [1.29, 1.82) is 5.26 Å². The number of nitriles is 1. The first-order chi connectivity index (χ1) is 11.1. The molecule has 4 nitrogen and oxygen atoms in total. The Bertz CT molecular complexity index is 818. The monoisotopic (exact) mass is 327 g/mol. The van der Waals surface area contributed by atoms with E-state index in [4.69, 9.17) is 11.0 Å². The molecule has 6 heteroatoms. The molecule has 2 N–H and O–H groups in total. The van der Waals surface area contributed by atoms with Crippen LogP contribution in [0, 0.1) is 17.1 Å². The van der Waals surface area contributed by atoms with E-state index in [2.05, 4.69) is 6.07 Å². The molecule has 0 unspecified atom stereocenters. The molecule has 23 heavy (non-hydrogen) atoms. The maximum Gasteiger partial charge on any atom is 0.246 e. The number of carbonyl (C=O) groups is 1. The van der Waals surface area contributed by atoms with E-state index in [0.29, 0.717) is 30.1 Å². The van der Waals surface area contributed by atoms with Crippen LogP contribution in [0.5, 0.6) is 0 Å². The summed E-state index contributed by atoms with van der Waals surface area (Å²) in [4.78, 5) is 15.0. The van der Waals surface area contributed by atoms with Crippen molar-refractivity contribution in [3.63, 3.8) is 0 Å².